The number of nitro benzene ring substituents is 1. The fourth-order valence-electron chi connectivity index (χ4n) is 2.32. The molecule has 0 unspecified atom stereocenters. The summed E-state index contributed by atoms with van der Waals surface area (Å²) in [5.41, 5.74) is 0.115. The summed E-state index contributed by atoms with van der Waals surface area (Å²) in [6.45, 7) is 0. The van der Waals surface area contributed by atoms with Crippen LogP contribution < -0.4 is 4.74 Å². The van der Waals surface area contributed by atoms with Crippen LogP contribution in [0.1, 0.15) is 10.5 Å². The summed E-state index contributed by atoms with van der Waals surface area (Å²) in [7, 11) is 1.27. The number of carbonyl (C=O) groups excluding carboxylic acids is 1. The Kier molecular flexibility index (Phi) is 4.07. The molecule has 0 saturated carbocycles. The van der Waals surface area contributed by atoms with Gasteiger partial charge in [-0.2, -0.15) is 0 Å². The molecule has 3 aromatic rings. The van der Waals surface area contributed by atoms with Crippen LogP contribution in [0.4, 0.5) is 5.69 Å². The third kappa shape index (κ3) is 2.87. The van der Waals surface area contributed by atoms with Crippen molar-refractivity contribution in [3.63, 3.8) is 0 Å². The van der Waals surface area contributed by atoms with Gasteiger partial charge in [-0.3, -0.25) is 10.1 Å². The molecule has 0 bridgehead atoms. The number of methoxy groups -OCH3 is 1. The number of aromatic nitrogens is 1. The van der Waals surface area contributed by atoms with Crippen LogP contribution in [-0.4, -0.2) is 23.0 Å². The molecule has 0 aliphatic rings. The highest BCUT2D eigenvalue weighted by atomic mass is 16.6. The van der Waals surface area contributed by atoms with Gasteiger partial charge >= 0.3 is 5.97 Å². The van der Waals surface area contributed by atoms with E-state index in [9.17, 15) is 14.9 Å². The molecule has 2 aromatic carbocycles. The first-order chi connectivity index (χ1) is 11.6. The van der Waals surface area contributed by atoms with E-state index in [4.69, 9.17) is 4.74 Å². The number of pyridine rings is 1. The molecule has 0 atom stereocenters. The van der Waals surface area contributed by atoms with E-state index in [1.165, 1.54) is 31.5 Å². The fourth-order valence-corrected chi connectivity index (χ4v) is 2.32. The van der Waals surface area contributed by atoms with Gasteiger partial charge in [-0.05, 0) is 18.2 Å². The van der Waals surface area contributed by atoms with Crippen LogP contribution in [0.5, 0.6) is 11.5 Å². The average molecular weight is 324 g/mol. The van der Waals surface area contributed by atoms with Gasteiger partial charge in [0.05, 0.1) is 17.4 Å². The number of benzene rings is 2. The summed E-state index contributed by atoms with van der Waals surface area (Å²) in [6.07, 6.45) is 1.43. The maximum absolute atomic E-state index is 11.5. The number of hydrogen-bond donors (Lipinski definition) is 0. The number of esters is 1. The van der Waals surface area contributed by atoms with Gasteiger partial charge in [-0.1, -0.05) is 18.2 Å². The number of ether oxygens (including phenoxy) is 2. The normalized spacial score (nSPS) is 10.4. The molecule has 7 nitrogen and oxygen atoms in total. The predicted octanol–water partition coefficient (Wildman–Crippen LogP) is 3.72. The van der Waals surface area contributed by atoms with Gasteiger partial charge in [0.25, 0.3) is 5.69 Å². The van der Waals surface area contributed by atoms with Crippen molar-refractivity contribution in [1.82, 2.24) is 4.98 Å². The van der Waals surface area contributed by atoms with E-state index in [2.05, 4.69) is 9.72 Å². The quantitative estimate of drug-likeness (QED) is 0.412. The highest BCUT2D eigenvalue weighted by Gasteiger charge is 2.15. The minimum atomic E-state index is -0.575. The third-order valence-corrected chi connectivity index (χ3v) is 3.41. The van der Waals surface area contributed by atoms with Crippen molar-refractivity contribution < 1.29 is 19.2 Å². The maximum Gasteiger partial charge on any atom is 0.356 e. The van der Waals surface area contributed by atoms with Crippen molar-refractivity contribution in [3.05, 3.63) is 70.5 Å². The van der Waals surface area contributed by atoms with Crippen molar-refractivity contribution in [3.8, 4) is 11.5 Å². The Morgan fingerprint density at radius 1 is 1.12 bits per heavy atom. The molecular formula is C17H12N2O5. The molecule has 0 amide bonds. The topological polar surface area (TPSA) is 91.6 Å². The van der Waals surface area contributed by atoms with Gasteiger partial charge in [0.2, 0.25) is 0 Å². The van der Waals surface area contributed by atoms with Gasteiger partial charge in [0.1, 0.15) is 11.5 Å². The fraction of sp³-hybridized carbons (Fsp3) is 0.0588. The van der Waals surface area contributed by atoms with Crippen LogP contribution in [0, 0.1) is 10.1 Å². The number of hydrogen-bond acceptors (Lipinski definition) is 6. The second-order valence-corrected chi connectivity index (χ2v) is 4.86. The molecule has 0 N–H and O–H groups in total. The van der Waals surface area contributed by atoms with Crippen LogP contribution >= 0.6 is 0 Å². The molecule has 0 radical (unpaired) electrons. The van der Waals surface area contributed by atoms with Crippen molar-refractivity contribution >= 4 is 22.4 Å². The van der Waals surface area contributed by atoms with E-state index < -0.39 is 10.9 Å². The van der Waals surface area contributed by atoms with Gasteiger partial charge in [0.15, 0.2) is 5.69 Å². The molecular weight excluding hydrogens is 312 g/mol. The van der Waals surface area contributed by atoms with E-state index in [1.54, 1.807) is 30.3 Å². The van der Waals surface area contributed by atoms with Gasteiger partial charge in [-0.25, -0.2) is 9.78 Å². The van der Waals surface area contributed by atoms with Crippen LogP contribution in [0.15, 0.2) is 54.7 Å². The Morgan fingerprint density at radius 2 is 1.88 bits per heavy atom. The van der Waals surface area contributed by atoms with Crippen LogP contribution in [0.25, 0.3) is 10.8 Å². The summed E-state index contributed by atoms with van der Waals surface area (Å²) in [5.74, 6) is 0.247. The van der Waals surface area contributed by atoms with Crippen molar-refractivity contribution in [1.29, 1.82) is 0 Å². The minimum Gasteiger partial charge on any atom is -0.464 e. The van der Waals surface area contributed by atoms with Gasteiger partial charge in [0, 0.05) is 23.7 Å². The zero-order chi connectivity index (χ0) is 17.1. The zero-order valence-electron chi connectivity index (χ0n) is 12.6. The van der Waals surface area contributed by atoms with Gasteiger partial charge < -0.3 is 9.47 Å². The van der Waals surface area contributed by atoms with E-state index in [-0.39, 0.29) is 11.4 Å². The Bertz CT molecular complexity index is 939. The molecule has 7 heteroatoms. The smallest absolute Gasteiger partial charge is 0.356 e. The highest BCUT2D eigenvalue weighted by molar-refractivity contribution is 5.95. The van der Waals surface area contributed by atoms with Crippen molar-refractivity contribution in [2.24, 2.45) is 0 Å². The lowest BCUT2D eigenvalue weighted by Gasteiger charge is -2.10. The molecule has 0 spiro atoms. The van der Waals surface area contributed by atoms with E-state index in [0.717, 1.165) is 0 Å². The summed E-state index contributed by atoms with van der Waals surface area (Å²) in [5, 5.41) is 12.2. The summed E-state index contributed by atoms with van der Waals surface area (Å²) in [4.78, 5) is 26.1. The van der Waals surface area contributed by atoms with Gasteiger partial charge in [-0.15, -0.1) is 0 Å². The zero-order valence-corrected chi connectivity index (χ0v) is 12.6. The summed E-state index contributed by atoms with van der Waals surface area (Å²) < 4.78 is 10.4. The second kappa shape index (κ2) is 6.33. The number of carbonyl (C=O) groups is 1. The molecule has 1 aromatic heterocycles. The number of fused-ring (bicyclic) bond motifs is 1. The monoisotopic (exact) mass is 324 g/mol. The summed E-state index contributed by atoms with van der Waals surface area (Å²) >= 11 is 0. The second-order valence-electron chi connectivity index (χ2n) is 4.86. The van der Waals surface area contributed by atoms with Crippen LogP contribution in [0.2, 0.25) is 0 Å². The number of non-ortho nitro benzene ring substituents is 1. The first-order valence-electron chi connectivity index (χ1n) is 6.98. The molecule has 24 heavy (non-hydrogen) atoms. The Morgan fingerprint density at radius 3 is 2.58 bits per heavy atom. The first kappa shape index (κ1) is 15.4. The Labute approximate surface area is 136 Å². The largest absolute Gasteiger partial charge is 0.464 e. The molecule has 0 saturated heterocycles. The lowest BCUT2D eigenvalue weighted by atomic mass is 10.1. The number of nitro groups is 1. The molecule has 3 rings (SSSR count). The lowest BCUT2D eigenvalue weighted by molar-refractivity contribution is -0.383. The molecule has 1 heterocycles. The SMILES string of the molecule is COC(=O)c1cc(Oc2ccc([N+](=O)[O-])c3ccccc23)ccn1. The predicted molar refractivity (Wildman–Crippen MR) is 86.3 cm³/mol. The first-order valence-corrected chi connectivity index (χ1v) is 6.98. The van der Waals surface area contributed by atoms with E-state index >= 15 is 0 Å². The maximum atomic E-state index is 11.5. The number of rotatable bonds is 4. The van der Waals surface area contributed by atoms with E-state index in [0.29, 0.717) is 22.3 Å². The molecule has 0 aliphatic carbocycles. The van der Waals surface area contributed by atoms with Crippen molar-refractivity contribution in [2.45, 2.75) is 0 Å². The number of nitrogens with zero attached hydrogens (tertiary/aromatic N) is 2. The molecule has 0 aliphatic heterocycles. The standard InChI is InChI=1S/C17H12N2O5/c1-23-17(20)14-10-11(8-9-18-14)24-16-7-6-15(19(21)22)12-4-2-3-5-13(12)16/h2-10H,1H3. The minimum absolute atomic E-state index is 0.00271. The van der Waals surface area contributed by atoms with Crippen molar-refractivity contribution in [2.75, 3.05) is 7.11 Å². The lowest BCUT2D eigenvalue weighted by Crippen LogP contribution is -2.03. The third-order valence-electron chi connectivity index (χ3n) is 3.41. The highest BCUT2D eigenvalue weighted by Crippen LogP contribution is 2.35. The Balaban J connectivity index is 2.04. The summed E-state index contributed by atoms with van der Waals surface area (Å²) in [6, 6.07) is 12.8. The van der Waals surface area contributed by atoms with E-state index in [1.807, 2.05) is 0 Å². The average Bonchev–Trinajstić information content (AvgIpc) is 2.61. The Hall–Kier alpha value is -3.48. The van der Waals surface area contributed by atoms with Crippen LogP contribution in [-0.2, 0) is 4.74 Å². The molecule has 120 valence electrons. The van der Waals surface area contributed by atoms with Crippen LogP contribution in [0.3, 0.4) is 0 Å². The molecule has 0 fully saturated rings.